The van der Waals surface area contributed by atoms with Crippen molar-refractivity contribution in [3.63, 3.8) is 0 Å². The highest BCUT2D eigenvalue weighted by molar-refractivity contribution is 5.71. The molecule has 0 heterocycles. The summed E-state index contributed by atoms with van der Waals surface area (Å²) < 4.78 is 16.7. The molecule has 0 aromatic rings. The van der Waals surface area contributed by atoms with Crippen LogP contribution in [0.5, 0.6) is 0 Å². The number of hydrogen-bond acceptors (Lipinski definition) is 6. The molecule has 0 N–H and O–H groups in total. The lowest BCUT2D eigenvalue weighted by Crippen LogP contribution is -2.30. The molecule has 0 aromatic carbocycles. The summed E-state index contributed by atoms with van der Waals surface area (Å²) in [6, 6.07) is 0. The van der Waals surface area contributed by atoms with E-state index >= 15 is 0 Å². The number of allylic oxidation sites excluding steroid dienone is 30. The normalized spacial score (nSPS) is 13.5. The van der Waals surface area contributed by atoms with E-state index in [1.54, 1.807) is 0 Å². The zero-order valence-corrected chi connectivity index (χ0v) is 45.4. The van der Waals surface area contributed by atoms with Crippen molar-refractivity contribution < 1.29 is 28.6 Å². The fraction of sp³-hybridized carbons (Fsp3) is 0.500. The fourth-order valence-corrected chi connectivity index (χ4v) is 6.60. The van der Waals surface area contributed by atoms with Crippen LogP contribution in [0.2, 0.25) is 0 Å². The minimum Gasteiger partial charge on any atom is -0.462 e. The van der Waals surface area contributed by atoms with Crippen molar-refractivity contribution in [3.8, 4) is 0 Å². The molecule has 0 aromatic heterocycles. The quantitative estimate of drug-likeness (QED) is 0.0262. The second-order valence-electron chi connectivity index (χ2n) is 17.3. The van der Waals surface area contributed by atoms with Crippen LogP contribution >= 0.6 is 0 Å². The first-order valence-corrected chi connectivity index (χ1v) is 27.8. The van der Waals surface area contributed by atoms with Crippen LogP contribution in [0.3, 0.4) is 0 Å². The van der Waals surface area contributed by atoms with E-state index in [2.05, 4.69) is 191 Å². The SMILES string of the molecule is CC/C=C\C/C=C\C/C=C\C/C=C\C/C=C\CCCCCC(=O)OCC(COC(=O)CC/C=C\C/C=C\C/C=C\C/C=C\C/C=C\CC)OC(=O)CCCCC/C=C\C/C=C\C/C=C\C/C=C\C/C=C\CC. The fourth-order valence-electron chi connectivity index (χ4n) is 6.60. The number of esters is 3. The summed E-state index contributed by atoms with van der Waals surface area (Å²) >= 11 is 0. The predicted molar refractivity (Wildman–Crippen MR) is 311 cm³/mol. The molecule has 0 aliphatic carbocycles. The Labute approximate surface area is 440 Å². The van der Waals surface area contributed by atoms with E-state index in [9.17, 15) is 14.4 Å². The molecule has 6 nitrogen and oxygen atoms in total. The van der Waals surface area contributed by atoms with E-state index in [-0.39, 0.29) is 50.4 Å². The number of ether oxygens (including phenoxy) is 3. The van der Waals surface area contributed by atoms with E-state index in [0.29, 0.717) is 12.8 Å². The molecule has 0 rings (SSSR count). The standard InChI is InChI=1S/C66H98O6/c1-4-7-10-13-16-19-22-25-28-31-33-35-38-41-44-47-50-53-56-59-65(68)71-62-63(61-70-64(67)58-55-52-49-46-43-40-37-30-27-24-21-18-15-12-9-6-3)72-66(69)60-57-54-51-48-45-42-39-36-34-32-29-26-23-20-17-14-11-8-5-2/h7-12,16-21,25-30,33-36,40-45,49,52,63H,4-6,13-15,22-24,31-32,37-39,46-48,50-51,53-62H2,1-3H3/b10-7-,11-8-,12-9-,19-16-,20-17-,21-18-,28-25-,29-26-,30-27-,35-33-,36-34-,43-40-,44-41-,45-42-,52-49-. The van der Waals surface area contributed by atoms with Crippen molar-refractivity contribution in [2.24, 2.45) is 0 Å². The molecule has 0 bridgehead atoms. The van der Waals surface area contributed by atoms with Crippen molar-refractivity contribution in [3.05, 3.63) is 182 Å². The zero-order chi connectivity index (χ0) is 52.2. The van der Waals surface area contributed by atoms with Gasteiger partial charge in [0.1, 0.15) is 13.2 Å². The molecular weight excluding hydrogens is 889 g/mol. The van der Waals surface area contributed by atoms with Crippen LogP contribution in [0.25, 0.3) is 0 Å². The predicted octanol–water partition coefficient (Wildman–Crippen LogP) is 18.9. The van der Waals surface area contributed by atoms with E-state index < -0.39 is 6.10 Å². The number of carbonyl (C=O) groups is 3. The van der Waals surface area contributed by atoms with Gasteiger partial charge in [0.05, 0.1) is 0 Å². The molecule has 0 fully saturated rings. The van der Waals surface area contributed by atoms with Gasteiger partial charge >= 0.3 is 17.9 Å². The first kappa shape index (κ1) is 66.5. The van der Waals surface area contributed by atoms with Crippen LogP contribution in [-0.2, 0) is 28.6 Å². The van der Waals surface area contributed by atoms with Crippen molar-refractivity contribution in [2.45, 2.75) is 200 Å². The Morgan fingerprint density at radius 3 is 0.833 bits per heavy atom. The highest BCUT2D eigenvalue weighted by Crippen LogP contribution is 2.10. The van der Waals surface area contributed by atoms with Gasteiger partial charge in [-0.25, -0.2) is 0 Å². The third-order valence-corrected chi connectivity index (χ3v) is 10.7. The first-order chi connectivity index (χ1) is 35.5. The van der Waals surface area contributed by atoms with Gasteiger partial charge in [0.15, 0.2) is 6.10 Å². The van der Waals surface area contributed by atoms with E-state index in [1.165, 1.54) is 0 Å². The van der Waals surface area contributed by atoms with Gasteiger partial charge in [-0.05, 0) is 141 Å². The average Bonchev–Trinajstić information content (AvgIpc) is 3.38. The Kier molecular flexibility index (Phi) is 53.7. The van der Waals surface area contributed by atoms with E-state index in [4.69, 9.17) is 14.2 Å². The maximum atomic E-state index is 12.8. The van der Waals surface area contributed by atoms with Crippen LogP contribution in [0.4, 0.5) is 0 Å². The smallest absolute Gasteiger partial charge is 0.306 e. The third-order valence-electron chi connectivity index (χ3n) is 10.7. The molecule has 0 aliphatic rings. The minimum atomic E-state index is -0.851. The summed E-state index contributed by atoms with van der Waals surface area (Å²) in [4.78, 5) is 38.1. The summed E-state index contributed by atoms with van der Waals surface area (Å²) in [6.45, 7) is 6.15. The second-order valence-corrected chi connectivity index (χ2v) is 17.3. The van der Waals surface area contributed by atoms with Gasteiger partial charge in [-0.3, -0.25) is 14.4 Å². The lowest BCUT2D eigenvalue weighted by atomic mass is 10.1. The number of rotatable bonds is 47. The molecule has 398 valence electrons. The minimum absolute atomic E-state index is 0.142. The van der Waals surface area contributed by atoms with Crippen LogP contribution < -0.4 is 0 Å². The van der Waals surface area contributed by atoms with Crippen molar-refractivity contribution in [2.75, 3.05) is 13.2 Å². The second kappa shape index (κ2) is 58.1. The van der Waals surface area contributed by atoms with Gasteiger partial charge in [0.2, 0.25) is 0 Å². The van der Waals surface area contributed by atoms with Crippen molar-refractivity contribution in [1.82, 2.24) is 0 Å². The highest BCUT2D eigenvalue weighted by Gasteiger charge is 2.19. The molecule has 72 heavy (non-hydrogen) atoms. The Hall–Kier alpha value is -5.49. The van der Waals surface area contributed by atoms with Gasteiger partial charge in [-0.15, -0.1) is 0 Å². The van der Waals surface area contributed by atoms with E-state index in [0.717, 1.165) is 141 Å². The number of hydrogen-bond donors (Lipinski definition) is 0. The van der Waals surface area contributed by atoms with Gasteiger partial charge < -0.3 is 14.2 Å². The molecule has 0 saturated heterocycles. The molecular formula is C66H98O6. The number of carbonyl (C=O) groups excluding carboxylic acids is 3. The maximum absolute atomic E-state index is 12.8. The maximum Gasteiger partial charge on any atom is 0.306 e. The molecule has 1 atom stereocenters. The summed E-state index contributed by atoms with van der Waals surface area (Å²) in [6.07, 6.45) is 87.5. The Bertz CT molecular complexity index is 1750. The van der Waals surface area contributed by atoms with Crippen LogP contribution in [0.15, 0.2) is 182 Å². The molecule has 0 radical (unpaired) electrons. The lowest BCUT2D eigenvalue weighted by Gasteiger charge is -2.18. The van der Waals surface area contributed by atoms with Crippen molar-refractivity contribution >= 4 is 17.9 Å². The molecule has 6 heteroatoms. The topological polar surface area (TPSA) is 78.9 Å². The zero-order valence-electron chi connectivity index (χ0n) is 45.4. The Morgan fingerprint density at radius 2 is 0.528 bits per heavy atom. The van der Waals surface area contributed by atoms with Gasteiger partial charge in [0.25, 0.3) is 0 Å². The molecule has 0 saturated carbocycles. The molecule has 1 unspecified atom stereocenters. The lowest BCUT2D eigenvalue weighted by molar-refractivity contribution is -0.166. The Balaban J connectivity index is 4.66. The summed E-state index contributed by atoms with van der Waals surface area (Å²) in [5, 5.41) is 0. The van der Waals surface area contributed by atoms with E-state index in [1.807, 2.05) is 12.2 Å². The summed E-state index contributed by atoms with van der Waals surface area (Å²) in [5.74, 6) is -1.10. The molecule has 0 spiro atoms. The summed E-state index contributed by atoms with van der Waals surface area (Å²) in [5.41, 5.74) is 0. The van der Waals surface area contributed by atoms with Gasteiger partial charge in [0, 0.05) is 19.3 Å². The van der Waals surface area contributed by atoms with Gasteiger partial charge in [-0.1, -0.05) is 216 Å². The van der Waals surface area contributed by atoms with Crippen LogP contribution in [0, 0.1) is 0 Å². The molecule has 0 amide bonds. The highest BCUT2D eigenvalue weighted by atomic mass is 16.6. The van der Waals surface area contributed by atoms with Crippen molar-refractivity contribution in [1.29, 1.82) is 0 Å². The first-order valence-electron chi connectivity index (χ1n) is 27.8. The molecule has 0 aliphatic heterocycles. The Morgan fingerprint density at radius 1 is 0.278 bits per heavy atom. The van der Waals surface area contributed by atoms with Gasteiger partial charge in [-0.2, -0.15) is 0 Å². The van der Waals surface area contributed by atoms with Crippen LogP contribution in [0.1, 0.15) is 194 Å². The third kappa shape index (κ3) is 55.4. The monoisotopic (exact) mass is 987 g/mol. The van der Waals surface area contributed by atoms with Crippen LogP contribution in [-0.4, -0.2) is 37.2 Å². The average molecular weight is 988 g/mol. The summed E-state index contributed by atoms with van der Waals surface area (Å²) in [7, 11) is 0. The number of unbranched alkanes of at least 4 members (excludes halogenated alkanes) is 6. The largest absolute Gasteiger partial charge is 0.462 e.